The van der Waals surface area contributed by atoms with E-state index >= 15 is 0 Å². The van der Waals surface area contributed by atoms with Crippen LogP contribution in [0.25, 0.3) is 0 Å². The Morgan fingerprint density at radius 1 is 1.42 bits per heavy atom. The molecule has 0 aliphatic carbocycles. The number of carboxylic acids is 1. The van der Waals surface area contributed by atoms with Gasteiger partial charge in [-0.1, -0.05) is 20.8 Å². The van der Waals surface area contributed by atoms with E-state index in [9.17, 15) is 4.79 Å². The molecular formula is C13H19N3O3. The van der Waals surface area contributed by atoms with Crippen LogP contribution in [0.1, 0.15) is 31.3 Å². The maximum Gasteiger partial charge on any atom is 0.356 e. The molecule has 104 valence electrons. The third-order valence-electron chi connectivity index (χ3n) is 3.21. The number of aromatic carboxylic acids is 1. The van der Waals surface area contributed by atoms with Gasteiger partial charge in [0.15, 0.2) is 5.69 Å². The number of hydrogen-bond donors (Lipinski definition) is 1. The molecule has 1 aliphatic rings. The van der Waals surface area contributed by atoms with Crippen LogP contribution in [0.15, 0.2) is 12.4 Å². The van der Waals surface area contributed by atoms with Crippen LogP contribution in [0.2, 0.25) is 0 Å². The van der Waals surface area contributed by atoms with Crippen molar-refractivity contribution in [1.29, 1.82) is 0 Å². The minimum Gasteiger partial charge on any atom is -0.476 e. The van der Waals surface area contributed by atoms with Gasteiger partial charge in [0, 0.05) is 13.1 Å². The van der Waals surface area contributed by atoms with Gasteiger partial charge in [-0.05, 0) is 5.41 Å². The molecule has 0 bridgehead atoms. The van der Waals surface area contributed by atoms with Gasteiger partial charge in [-0.25, -0.2) is 14.8 Å². The molecule has 1 atom stereocenters. The SMILES string of the molecule is CC(C)(C)C1CN(c2cnc(C(=O)O)cn2)CCO1. The Labute approximate surface area is 112 Å². The number of ether oxygens (including phenoxy) is 1. The second kappa shape index (κ2) is 5.13. The summed E-state index contributed by atoms with van der Waals surface area (Å²) >= 11 is 0. The van der Waals surface area contributed by atoms with Crippen LogP contribution in [0.5, 0.6) is 0 Å². The fraction of sp³-hybridized carbons (Fsp3) is 0.615. The van der Waals surface area contributed by atoms with Crippen LogP contribution >= 0.6 is 0 Å². The lowest BCUT2D eigenvalue weighted by molar-refractivity contribution is -0.0267. The monoisotopic (exact) mass is 265 g/mol. The highest BCUT2D eigenvalue weighted by molar-refractivity contribution is 5.84. The second-order valence-electron chi connectivity index (χ2n) is 5.74. The van der Waals surface area contributed by atoms with Crippen LogP contribution in [-0.2, 0) is 4.74 Å². The number of morpholine rings is 1. The van der Waals surface area contributed by atoms with E-state index in [0.29, 0.717) is 12.4 Å². The first-order valence-corrected chi connectivity index (χ1v) is 6.30. The summed E-state index contributed by atoms with van der Waals surface area (Å²) in [6.45, 7) is 8.55. The number of aromatic nitrogens is 2. The van der Waals surface area contributed by atoms with Crippen molar-refractivity contribution < 1.29 is 14.6 Å². The van der Waals surface area contributed by atoms with Gasteiger partial charge in [0.25, 0.3) is 0 Å². The third kappa shape index (κ3) is 3.20. The predicted octanol–water partition coefficient (Wildman–Crippen LogP) is 1.43. The highest BCUT2D eigenvalue weighted by Gasteiger charge is 2.31. The molecule has 2 rings (SSSR count). The summed E-state index contributed by atoms with van der Waals surface area (Å²) in [5.41, 5.74) is 0.0250. The molecule has 6 heteroatoms. The van der Waals surface area contributed by atoms with E-state index in [0.717, 1.165) is 13.1 Å². The highest BCUT2D eigenvalue weighted by atomic mass is 16.5. The summed E-state index contributed by atoms with van der Waals surface area (Å²) < 4.78 is 5.77. The van der Waals surface area contributed by atoms with E-state index in [1.54, 1.807) is 0 Å². The van der Waals surface area contributed by atoms with Gasteiger partial charge in [-0.15, -0.1) is 0 Å². The Kier molecular flexibility index (Phi) is 3.71. The molecule has 1 aliphatic heterocycles. The number of nitrogens with zero attached hydrogens (tertiary/aromatic N) is 3. The lowest BCUT2D eigenvalue weighted by Crippen LogP contribution is -2.48. The summed E-state index contributed by atoms with van der Waals surface area (Å²) in [6, 6.07) is 0. The minimum absolute atomic E-state index is 0.0376. The van der Waals surface area contributed by atoms with Gasteiger partial charge in [0.05, 0.1) is 25.1 Å². The molecule has 0 radical (unpaired) electrons. The zero-order valence-corrected chi connectivity index (χ0v) is 11.5. The number of carboxylic acid groups (broad SMARTS) is 1. The molecule has 1 saturated heterocycles. The average molecular weight is 265 g/mol. The van der Waals surface area contributed by atoms with Crippen molar-refractivity contribution in [3.8, 4) is 0 Å². The van der Waals surface area contributed by atoms with Gasteiger partial charge >= 0.3 is 5.97 Å². The Bertz CT molecular complexity index is 453. The third-order valence-corrected chi connectivity index (χ3v) is 3.21. The van der Waals surface area contributed by atoms with Crippen LogP contribution < -0.4 is 4.90 Å². The maximum absolute atomic E-state index is 10.7. The summed E-state index contributed by atoms with van der Waals surface area (Å²) in [5.74, 6) is -0.365. The standard InChI is InChI=1S/C13H19N3O3/c1-13(2,3)10-8-16(4-5-19-10)11-7-14-9(6-15-11)12(17)18/h6-7,10H,4-5,8H2,1-3H3,(H,17,18). The van der Waals surface area contributed by atoms with Crippen molar-refractivity contribution in [1.82, 2.24) is 9.97 Å². The molecule has 1 N–H and O–H groups in total. The summed E-state index contributed by atoms with van der Waals surface area (Å²) in [6.07, 6.45) is 2.93. The van der Waals surface area contributed by atoms with Crippen LogP contribution in [-0.4, -0.2) is 46.8 Å². The molecule has 0 amide bonds. The maximum atomic E-state index is 10.7. The highest BCUT2D eigenvalue weighted by Crippen LogP contribution is 2.26. The van der Waals surface area contributed by atoms with E-state index < -0.39 is 5.97 Å². The van der Waals surface area contributed by atoms with Crippen LogP contribution in [0.3, 0.4) is 0 Å². The topological polar surface area (TPSA) is 75.6 Å². The van der Waals surface area contributed by atoms with Crippen molar-refractivity contribution in [2.24, 2.45) is 5.41 Å². The van der Waals surface area contributed by atoms with Crippen molar-refractivity contribution in [3.05, 3.63) is 18.1 Å². The van der Waals surface area contributed by atoms with Gasteiger partial charge < -0.3 is 14.7 Å². The Morgan fingerprint density at radius 3 is 2.68 bits per heavy atom. The van der Waals surface area contributed by atoms with Crippen molar-refractivity contribution >= 4 is 11.8 Å². The van der Waals surface area contributed by atoms with E-state index in [1.807, 2.05) is 0 Å². The molecule has 1 aromatic heterocycles. The molecule has 19 heavy (non-hydrogen) atoms. The Hall–Kier alpha value is -1.69. The smallest absolute Gasteiger partial charge is 0.356 e. The molecular weight excluding hydrogens is 246 g/mol. The zero-order valence-electron chi connectivity index (χ0n) is 11.5. The Balaban J connectivity index is 2.11. The summed E-state index contributed by atoms with van der Waals surface area (Å²) in [7, 11) is 0. The van der Waals surface area contributed by atoms with Gasteiger partial charge in [-0.2, -0.15) is 0 Å². The first kappa shape index (κ1) is 13.7. The number of carbonyl (C=O) groups is 1. The molecule has 1 unspecified atom stereocenters. The van der Waals surface area contributed by atoms with Gasteiger partial charge in [0.1, 0.15) is 5.82 Å². The molecule has 1 fully saturated rings. The van der Waals surface area contributed by atoms with E-state index in [2.05, 4.69) is 35.6 Å². The normalized spacial score (nSPS) is 20.4. The quantitative estimate of drug-likeness (QED) is 0.871. The fourth-order valence-electron chi connectivity index (χ4n) is 1.98. The largest absolute Gasteiger partial charge is 0.476 e. The zero-order chi connectivity index (χ0) is 14.0. The average Bonchev–Trinajstić information content (AvgIpc) is 2.38. The fourth-order valence-corrected chi connectivity index (χ4v) is 1.98. The van der Waals surface area contributed by atoms with Crippen LogP contribution in [0.4, 0.5) is 5.82 Å². The molecule has 0 spiro atoms. The van der Waals surface area contributed by atoms with Crippen LogP contribution in [0, 0.1) is 5.41 Å². The molecule has 2 heterocycles. The molecule has 0 saturated carbocycles. The number of hydrogen-bond acceptors (Lipinski definition) is 5. The minimum atomic E-state index is -1.06. The second-order valence-corrected chi connectivity index (χ2v) is 5.74. The van der Waals surface area contributed by atoms with Crippen molar-refractivity contribution in [2.45, 2.75) is 26.9 Å². The van der Waals surface area contributed by atoms with E-state index in [4.69, 9.17) is 9.84 Å². The van der Waals surface area contributed by atoms with Crippen molar-refractivity contribution in [3.63, 3.8) is 0 Å². The summed E-state index contributed by atoms with van der Waals surface area (Å²) in [5, 5.41) is 8.80. The number of anilines is 1. The van der Waals surface area contributed by atoms with E-state index in [1.165, 1.54) is 12.4 Å². The van der Waals surface area contributed by atoms with Gasteiger partial charge in [0.2, 0.25) is 0 Å². The van der Waals surface area contributed by atoms with Gasteiger partial charge in [-0.3, -0.25) is 0 Å². The Morgan fingerprint density at radius 2 is 2.16 bits per heavy atom. The number of rotatable bonds is 2. The molecule has 0 aromatic carbocycles. The molecule has 1 aromatic rings. The predicted molar refractivity (Wildman–Crippen MR) is 70.4 cm³/mol. The van der Waals surface area contributed by atoms with Crippen molar-refractivity contribution in [2.75, 3.05) is 24.6 Å². The lowest BCUT2D eigenvalue weighted by atomic mass is 9.88. The first-order chi connectivity index (χ1) is 8.88. The summed E-state index contributed by atoms with van der Waals surface area (Å²) in [4.78, 5) is 20.9. The van der Waals surface area contributed by atoms with E-state index in [-0.39, 0.29) is 17.2 Å². The lowest BCUT2D eigenvalue weighted by Gasteiger charge is -2.39. The molecule has 6 nitrogen and oxygen atoms in total. The first-order valence-electron chi connectivity index (χ1n) is 6.30.